The van der Waals surface area contributed by atoms with Crippen molar-refractivity contribution in [3.8, 4) is 17.1 Å². The first-order valence-corrected chi connectivity index (χ1v) is 12.2. The van der Waals surface area contributed by atoms with Crippen molar-refractivity contribution in [3.63, 3.8) is 0 Å². The van der Waals surface area contributed by atoms with Crippen molar-refractivity contribution in [2.45, 2.75) is 43.2 Å². The minimum Gasteiger partial charge on any atom is -0.497 e. The molecule has 3 aromatic rings. The molecule has 0 amide bonds. The third kappa shape index (κ3) is 5.49. The van der Waals surface area contributed by atoms with Crippen molar-refractivity contribution in [2.24, 2.45) is 7.05 Å². The Labute approximate surface area is 189 Å². The molecule has 0 spiro atoms. The number of ether oxygens (including phenoxy) is 1. The SMILES string of the molecule is COc1ccc2c(c1)C(CCCNCCCSc1nnc(-c3ccccc3)n1C)CC2. The van der Waals surface area contributed by atoms with Gasteiger partial charge in [-0.25, -0.2) is 0 Å². The van der Waals surface area contributed by atoms with Crippen molar-refractivity contribution >= 4 is 11.8 Å². The topological polar surface area (TPSA) is 52.0 Å². The van der Waals surface area contributed by atoms with Crippen LogP contribution in [-0.4, -0.2) is 40.7 Å². The van der Waals surface area contributed by atoms with Crippen molar-refractivity contribution in [3.05, 3.63) is 59.7 Å². The van der Waals surface area contributed by atoms with Gasteiger partial charge >= 0.3 is 0 Å². The second-order valence-electron chi connectivity index (χ2n) is 8.13. The van der Waals surface area contributed by atoms with Gasteiger partial charge in [0.1, 0.15) is 5.75 Å². The van der Waals surface area contributed by atoms with Crippen molar-refractivity contribution in [2.75, 3.05) is 26.0 Å². The highest BCUT2D eigenvalue weighted by molar-refractivity contribution is 7.99. The summed E-state index contributed by atoms with van der Waals surface area (Å²) in [5, 5.41) is 13.3. The minimum atomic E-state index is 0.692. The summed E-state index contributed by atoms with van der Waals surface area (Å²) in [5.41, 5.74) is 4.12. The van der Waals surface area contributed by atoms with Gasteiger partial charge in [-0.3, -0.25) is 0 Å². The Bertz CT molecular complexity index is 973. The van der Waals surface area contributed by atoms with Crippen LogP contribution < -0.4 is 10.1 Å². The molecule has 0 aliphatic heterocycles. The van der Waals surface area contributed by atoms with Gasteiger partial charge in [0, 0.05) is 18.4 Å². The van der Waals surface area contributed by atoms with Crippen LogP contribution in [0, 0.1) is 0 Å². The molecule has 1 aromatic heterocycles. The highest BCUT2D eigenvalue weighted by atomic mass is 32.2. The van der Waals surface area contributed by atoms with Crippen LogP contribution in [0.4, 0.5) is 0 Å². The van der Waals surface area contributed by atoms with Crippen LogP contribution in [0.1, 0.15) is 42.7 Å². The third-order valence-electron chi connectivity index (χ3n) is 6.06. The first-order valence-electron chi connectivity index (χ1n) is 11.2. The number of aryl methyl sites for hydroxylation is 1. The van der Waals surface area contributed by atoms with E-state index in [0.717, 1.165) is 47.6 Å². The Kier molecular flexibility index (Phi) is 7.65. The predicted molar refractivity (Wildman–Crippen MR) is 128 cm³/mol. The van der Waals surface area contributed by atoms with Gasteiger partial charge in [0.25, 0.3) is 0 Å². The van der Waals surface area contributed by atoms with Crippen LogP contribution >= 0.6 is 11.8 Å². The van der Waals surface area contributed by atoms with Crippen LogP contribution in [0.15, 0.2) is 53.7 Å². The Balaban J connectivity index is 1.12. The van der Waals surface area contributed by atoms with Gasteiger partial charge in [-0.05, 0) is 74.4 Å². The number of methoxy groups -OCH3 is 1. The van der Waals surface area contributed by atoms with Gasteiger partial charge < -0.3 is 14.6 Å². The average Bonchev–Trinajstić information content (AvgIpc) is 3.39. The van der Waals surface area contributed by atoms with E-state index in [1.165, 1.54) is 36.8 Å². The molecule has 0 bridgehead atoms. The molecule has 164 valence electrons. The molecule has 1 aliphatic rings. The Morgan fingerprint density at radius 1 is 1.10 bits per heavy atom. The second kappa shape index (κ2) is 10.8. The summed E-state index contributed by atoms with van der Waals surface area (Å²) in [5.74, 6) is 3.65. The average molecular weight is 437 g/mol. The monoisotopic (exact) mass is 436 g/mol. The molecule has 0 saturated carbocycles. The van der Waals surface area contributed by atoms with Gasteiger partial charge in [0.15, 0.2) is 11.0 Å². The van der Waals surface area contributed by atoms with Crippen molar-refractivity contribution in [1.82, 2.24) is 20.1 Å². The van der Waals surface area contributed by atoms with Crippen molar-refractivity contribution < 1.29 is 4.74 Å². The zero-order valence-electron chi connectivity index (χ0n) is 18.5. The number of fused-ring (bicyclic) bond motifs is 1. The summed E-state index contributed by atoms with van der Waals surface area (Å²) in [6, 6.07) is 16.8. The van der Waals surface area contributed by atoms with Crippen LogP contribution in [0.3, 0.4) is 0 Å². The van der Waals surface area contributed by atoms with Crippen LogP contribution in [-0.2, 0) is 13.5 Å². The summed E-state index contributed by atoms with van der Waals surface area (Å²) in [7, 11) is 3.79. The van der Waals surface area contributed by atoms with E-state index in [1.807, 2.05) is 25.2 Å². The van der Waals surface area contributed by atoms with Gasteiger partial charge in [0.05, 0.1) is 7.11 Å². The van der Waals surface area contributed by atoms with Gasteiger partial charge in [-0.2, -0.15) is 0 Å². The number of nitrogens with one attached hydrogen (secondary N) is 1. The smallest absolute Gasteiger partial charge is 0.191 e. The highest BCUT2D eigenvalue weighted by Crippen LogP contribution is 2.38. The van der Waals surface area contributed by atoms with Gasteiger partial charge in [0.2, 0.25) is 0 Å². The highest BCUT2D eigenvalue weighted by Gasteiger charge is 2.22. The third-order valence-corrected chi connectivity index (χ3v) is 7.16. The van der Waals surface area contributed by atoms with Crippen LogP contribution in [0.2, 0.25) is 0 Å². The van der Waals surface area contributed by atoms with E-state index in [9.17, 15) is 0 Å². The van der Waals surface area contributed by atoms with E-state index in [4.69, 9.17) is 4.74 Å². The Morgan fingerprint density at radius 3 is 2.77 bits per heavy atom. The number of thioether (sulfide) groups is 1. The molecular formula is C25H32N4OS. The molecule has 0 saturated heterocycles. The van der Waals surface area contributed by atoms with Gasteiger partial charge in [-0.15, -0.1) is 10.2 Å². The summed E-state index contributed by atoms with van der Waals surface area (Å²) in [4.78, 5) is 0. The van der Waals surface area contributed by atoms with E-state index >= 15 is 0 Å². The summed E-state index contributed by atoms with van der Waals surface area (Å²) in [6.07, 6.45) is 6.09. The normalized spacial score (nSPS) is 15.2. The van der Waals surface area contributed by atoms with E-state index in [2.05, 4.69) is 50.4 Å². The molecule has 1 atom stereocenters. The molecular weight excluding hydrogens is 404 g/mol. The number of rotatable bonds is 11. The molecule has 0 fully saturated rings. The quantitative estimate of drug-likeness (QED) is 0.336. The van der Waals surface area contributed by atoms with Crippen LogP contribution in [0.25, 0.3) is 11.4 Å². The van der Waals surface area contributed by atoms with E-state index in [1.54, 1.807) is 18.9 Å². The molecule has 0 radical (unpaired) electrons. The lowest BCUT2D eigenvalue weighted by Crippen LogP contribution is -2.17. The maximum atomic E-state index is 5.41. The standard InChI is InChI=1S/C25H32N4OS/c1-29-24(21-8-4-3-5-9-21)27-28-25(29)31-17-7-16-26-15-6-10-19-11-12-20-13-14-22(30-2)18-23(19)20/h3-5,8-9,13-14,18-19,26H,6-7,10-12,15-17H2,1-2H3. The number of aromatic nitrogens is 3. The Hall–Kier alpha value is -2.31. The van der Waals surface area contributed by atoms with Crippen molar-refractivity contribution in [1.29, 1.82) is 0 Å². The molecule has 1 aliphatic carbocycles. The summed E-state index contributed by atoms with van der Waals surface area (Å²) < 4.78 is 7.49. The number of hydrogen-bond acceptors (Lipinski definition) is 5. The predicted octanol–water partition coefficient (Wildman–Crippen LogP) is 5.07. The largest absolute Gasteiger partial charge is 0.497 e. The van der Waals surface area contributed by atoms with Gasteiger partial charge in [-0.1, -0.05) is 48.2 Å². The molecule has 1 unspecified atom stereocenters. The lowest BCUT2D eigenvalue weighted by atomic mass is 9.96. The first-order chi connectivity index (χ1) is 15.3. The lowest BCUT2D eigenvalue weighted by molar-refractivity contribution is 0.413. The molecule has 1 heterocycles. The zero-order chi connectivity index (χ0) is 21.5. The maximum absolute atomic E-state index is 5.41. The zero-order valence-corrected chi connectivity index (χ0v) is 19.3. The first kappa shape index (κ1) is 21.9. The minimum absolute atomic E-state index is 0.692. The molecule has 31 heavy (non-hydrogen) atoms. The molecule has 2 aromatic carbocycles. The fraction of sp³-hybridized carbons (Fsp3) is 0.440. The number of benzene rings is 2. The van der Waals surface area contributed by atoms with E-state index in [-0.39, 0.29) is 0 Å². The molecule has 1 N–H and O–H groups in total. The summed E-state index contributed by atoms with van der Waals surface area (Å²) in [6.45, 7) is 2.13. The molecule has 5 nitrogen and oxygen atoms in total. The number of nitrogens with zero attached hydrogens (tertiary/aromatic N) is 3. The fourth-order valence-corrected chi connectivity index (χ4v) is 5.18. The molecule has 4 rings (SSSR count). The van der Waals surface area contributed by atoms with Crippen LogP contribution in [0.5, 0.6) is 5.75 Å². The fourth-order valence-electron chi connectivity index (χ4n) is 4.33. The lowest BCUT2D eigenvalue weighted by Gasteiger charge is -2.13. The van der Waals surface area contributed by atoms with E-state index < -0.39 is 0 Å². The van der Waals surface area contributed by atoms with E-state index in [0.29, 0.717) is 5.92 Å². The maximum Gasteiger partial charge on any atom is 0.191 e. The second-order valence-corrected chi connectivity index (χ2v) is 9.19. The molecule has 6 heteroatoms. The number of hydrogen-bond donors (Lipinski definition) is 1. The Morgan fingerprint density at radius 2 is 1.94 bits per heavy atom. The summed E-state index contributed by atoms with van der Waals surface area (Å²) >= 11 is 1.78.